The van der Waals surface area contributed by atoms with Crippen molar-refractivity contribution >= 4 is 28.6 Å². The molecule has 0 atom stereocenters. The van der Waals surface area contributed by atoms with Gasteiger partial charge in [-0.05, 0) is 24.0 Å². The van der Waals surface area contributed by atoms with Crippen LogP contribution in [0.3, 0.4) is 0 Å². The maximum absolute atomic E-state index is 11.9. The Kier molecular flexibility index (Phi) is 4.70. The first-order valence-corrected chi connectivity index (χ1v) is 7.45. The minimum atomic E-state index is -0.295. The molecule has 1 aromatic carbocycles. The highest BCUT2D eigenvalue weighted by molar-refractivity contribution is 7.17. The van der Waals surface area contributed by atoms with Gasteiger partial charge in [-0.25, -0.2) is 10.4 Å². The summed E-state index contributed by atoms with van der Waals surface area (Å²) < 4.78 is 0. The van der Waals surface area contributed by atoms with Crippen LogP contribution in [0.4, 0.5) is 5.13 Å². The Hall–Kier alpha value is -2.21. The third kappa shape index (κ3) is 3.88. The van der Waals surface area contributed by atoms with Crippen molar-refractivity contribution in [2.45, 2.75) is 26.7 Å². The molecule has 0 spiro atoms. The van der Waals surface area contributed by atoms with E-state index >= 15 is 0 Å². The van der Waals surface area contributed by atoms with Crippen LogP contribution in [0.5, 0.6) is 0 Å². The van der Waals surface area contributed by atoms with Gasteiger partial charge in [0.1, 0.15) is 4.88 Å². The first-order chi connectivity index (χ1) is 9.97. The number of anilines is 1. The van der Waals surface area contributed by atoms with E-state index in [-0.39, 0.29) is 5.91 Å². The van der Waals surface area contributed by atoms with E-state index < -0.39 is 0 Å². The quantitative estimate of drug-likeness (QED) is 0.673. The van der Waals surface area contributed by atoms with Gasteiger partial charge in [0.2, 0.25) is 0 Å². The largest absolute Gasteiger partial charge is 0.375 e. The van der Waals surface area contributed by atoms with Crippen molar-refractivity contribution in [3.63, 3.8) is 0 Å². The lowest BCUT2D eigenvalue weighted by atomic mass is 10.0. The van der Waals surface area contributed by atoms with Gasteiger partial charge in [0, 0.05) is 0 Å². The van der Waals surface area contributed by atoms with Crippen molar-refractivity contribution in [2.24, 2.45) is 5.10 Å². The fourth-order valence-electron chi connectivity index (χ4n) is 1.81. The van der Waals surface area contributed by atoms with Gasteiger partial charge in [-0.2, -0.15) is 5.10 Å². The lowest BCUT2D eigenvalue weighted by Crippen LogP contribution is -2.17. The Labute approximate surface area is 127 Å². The lowest BCUT2D eigenvalue weighted by molar-refractivity contribution is 0.0958. The molecule has 0 aliphatic carbocycles. The number of aryl methyl sites for hydroxylation is 1. The molecule has 0 saturated heterocycles. The van der Waals surface area contributed by atoms with E-state index in [1.807, 2.05) is 12.1 Å². The second-order valence-electron chi connectivity index (χ2n) is 4.99. The number of carbonyl (C=O) groups excluding carboxylic acids is 1. The van der Waals surface area contributed by atoms with Gasteiger partial charge in [0.15, 0.2) is 5.13 Å². The fraction of sp³-hybridized carbons (Fsp3) is 0.267. The number of hydrazone groups is 1. The molecule has 0 fully saturated rings. The molecule has 1 aromatic heterocycles. The molecule has 21 heavy (non-hydrogen) atoms. The molecule has 3 N–H and O–H groups in total. The van der Waals surface area contributed by atoms with E-state index in [1.54, 1.807) is 13.1 Å². The van der Waals surface area contributed by atoms with Gasteiger partial charge in [0.05, 0.1) is 11.9 Å². The Morgan fingerprint density at radius 2 is 2.05 bits per heavy atom. The molecule has 0 aliphatic heterocycles. The minimum absolute atomic E-state index is 0.295. The van der Waals surface area contributed by atoms with Crippen LogP contribution in [0.25, 0.3) is 0 Å². The number of nitrogen functional groups attached to an aromatic ring is 1. The number of nitrogens with one attached hydrogen (secondary N) is 1. The molecule has 0 saturated carbocycles. The first-order valence-electron chi connectivity index (χ1n) is 6.63. The fourth-order valence-corrected chi connectivity index (χ4v) is 2.53. The number of thiazole rings is 1. The molecular weight excluding hydrogens is 284 g/mol. The normalized spacial score (nSPS) is 11.2. The highest BCUT2D eigenvalue weighted by atomic mass is 32.1. The number of rotatable bonds is 4. The summed E-state index contributed by atoms with van der Waals surface area (Å²) in [6.07, 6.45) is 1.61. The van der Waals surface area contributed by atoms with Crippen LogP contribution in [0, 0.1) is 6.92 Å². The first kappa shape index (κ1) is 15.2. The zero-order valence-electron chi connectivity index (χ0n) is 12.3. The molecule has 0 unspecified atom stereocenters. The van der Waals surface area contributed by atoms with Crippen molar-refractivity contribution in [1.29, 1.82) is 0 Å². The summed E-state index contributed by atoms with van der Waals surface area (Å²) >= 11 is 1.15. The second kappa shape index (κ2) is 6.49. The van der Waals surface area contributed by atoms with Crippen molar-refractivity contribution in [3.8, 4) is 0 Å². The summed E-state index contributed by atoms with van der Waals surface area (Å²) in [5.41, 5.74) is 10.9. The van der Waals surface area contributed by atoms with E-state index in [9.17, 15) is 4.79 Å². The van der Waals surface area contributed by atoms with E-state index in [4.69, 9.17) is 5.73 Å². The van der Waals surface area contributed by atoms with Crippen LogP contribution in [0.15, 0.2) is 29.4 Å². The number of nitrogens with zero attached hydrogens (tertiary/aromatic N) is 2. The molecule has 0 bridgehead atoms. The zero-order valence-corrected chi connectivity index (χ0v) is 13.1. The van der Waals surface area contributed by atoms with E-state index in [1.165, 1.54) is 5.56 Å². The summed E-state index contributed by atoms with van der Waals surface area (Å²) in [5, 5.41) is 4.34. The predicted molar refractivity (Wildman–Crippen MR) is 86.9 cm³/mol. The third-order valence-electron chi connectivity index (χ3n) is 3.00. The number of hydrogen-bond acceptors (Lipinski definition) is 5. The molecule has 2 aromatic rings. The van der Waals surface area contributed by atoms with Crippen molar-refractivity contribution in [1.82, 2.24) is 10.4 Å². The number of nitrogens with two attached hydrogens (primary N) is 1. The number of carbonyl (C=O) groups is 1. The Morgan fingerprint density at radius 3 is 2.57 bits per heavy atom. The van der Waals surface area contributed by atoms with Crippen molar-refractivity contribution in [3.05, 3.63) is 46.0 Å². The molecule has 6 heteroatoms. The van der Waals surface area contributed by atoms with Crippen LogP contribution in [0.2, 0.25) is 0 Å². The van der Waals surface area contributed by atoms with E-state index in [0.717, 1.165) is 16.9 Å². The SMILES string of the molecule is Cc1nc(N)sc1C(=O)N/N=C\c1ccc(C(C)C)cc1. The zero-order chi connectivity index (χ0) is 15.4. The molecule has 2 rings (SSSR count). The van der Waals surface area contributed by atoms with Gasteiger partial charge >= 0.3 is 0 Å². The average Bonchev–Trinajstić information content (AvgIpc) is 2.78. The van der Waals surface area contributed by atoms with Crippen LogP contribution in [-0.4, -0.2) is 17.1 Å². The molecule has 1 amide bonds. The summed E-state index contributed by atoms with van der Waals surface area (Å²) in [6, 6.07) is 8.06. The maximum Gasteiger partial charge on any atom is 0.283 e. The topological polar surface area (TPSA) is 80.4 Å². The Bertz CT molecular complexity index is 659. The van der Waals surface area contributed by atoms with Crippen LogP contribution in [0.1, 0.15) is 46.3 Å². The monoisotopic (exact) mass is 302 g/mol. The van der Waals surface area contributed by atoms with Crippen LogP contribution >= 0.6 is 11.3 Å². The smallest absolute Gasteiger partial charge is 0.283 e. The maximum atomic E-state index is 11.9. The molecule has 0 radical (unpaired) electrons. The summed E-state index contributed by atoms with van der Waals surface area (Å²) in [5.74, 6) is 0.201. The standard InChI is InChI=1S/C15H18N4OS/c1-9(2)12-6-4-11(5-7-12)8-17-19-14(20)13-10(3)18-15(16)21-13/h4-9H,1-3H3,(H2,16,18)(H,19,20)/b17-8-. The molecule has 5 nitrogen and oxygen atoms in total. The highest BCUT2D eigenvalue weighted by Gasteiger charge is 2.13. The second-order valence-corrected chi connectivity index (χ2v) is 6.02. The van der Waals surface area contributed by atoms with Crippen LogP contribution in [-0.2, 0) is 0 Å². The van der Waals surface area contributed by atoms with Gasteiger partial charge in [0.25, 0.3) is 5.91 Å². The molecule has 0 aliphatic rings. The minimum Gasteiger partial charge on any atom is -0.375 e. The highest BCUT2D eigenvalue weighted by Crippen LogP contribution is 2.19. The van der Waals surface area contributed by atoms with Gasteiger partial charge in [-0.3, -0.25) is 4.79 Å². The molecule has 1 heterocycles. The van der Waals surface area contributed by atoms with Crippen LogP contribution < -0.4 is 11.2 Å². The number of benzene rings is 1. The summed E-state index contributed by atoms with van der Waals surface area (Å²) in [6.45, 7) is 6.04. The Balaban J connectivity index is 1.99. The van der Waals surface area contributed by atoms with Gasteiger partial charge in [-0.15, -0.1) is 0 Å². The van der Waals surface area contributed by atoms with Crippen molar-refractivity contribution < 1.29 is 4.79 Å². The number of amides is 1. The number of hydrogen-bond donors (Lipinski definition) is 2. The van der Waals surface area contributed by atoms with E-state index in [0.29, 0.717) is 21.6 Å². The average molecular weight is 302 g/mol. The summed E-state index contributed by atoms with van der Waals surface area (Å²) in [7, 11) is 0. The molecule has 110 valence electrons. The summed E-state index contributed by atoms with van der Waals surface area (Å²) in [4.78, 5) is 16.4. The predicted octanol–water partition coefficient (Wildman–Crippen LogP) is 2.92. The molecular formula is C15H18N4OS. The third-order valence-corrected chi connectivity index (χ3v) is 3.99. The Morgan fingerprint density at radius 1 is 1.38 bits per heavy atom. The van der Waals surface area contributed by atoms with Gasteiger partial charge in [-0.1, -0.05) is 49.4 Å². The van der Waals surface area contributed by atoms with Crippen molar-refractivity contribution in [2.75, 3.05) is 5.73 Å². The van der Waals surface area contributed by atoms with E-state index in [2.05, 4.69) is 41.5 Å². The lowest BCUT2D eigenvalue weighted by Gasteiger charge is -2.04. The number of aromatic nitrogens is 1. The van der Waals surface area contributed by atoms with Gasteiger partial charge < -0.3 is 5.73 Å².